The maximum atomic E-state index is 10.3. The lowest BCUT2D eigenvalue weighted by atomic mass is 10.2. The van der Waals surface area contributed by atoms with Crippen molar-refractivity contribution in [3.05, 3.63) is 6.54 Å². The van der Waals surface area contributed by atoms with E-state index in [-0.39, 0.29) is 12.1 Å². The van der Waals surface area contributed by atoms with E-state index in [0.717, 1.165) is 0 Å². The molecule has 0 atom stereocenters. The van der Waals surface area contributed by atoms with Crippen molar-refractivity contribution < 1.29 is 9.90 Å². The lowest BCUT2D eigenvalue weighted by molar-refractivity contribution is -0.135. The summed E-state index contributed by atoms with van der Waals surface area (Å²) < 4.78 is 0. The first kappa shape index (κ1) is 10.4. The third-order valence-electron chi connectivity index (χ3n) is 1.45. The molecule has 0 saturated heterocycles. The Labute approximate surface area is 68.0 Å². The summed E-state index contributed by atoms with van der Waals surface area (Å²) in [6.45, 7) is 9.12. The number of aliphatic carboxylic acids is 1. The van der Waals surface area contributed by atoms with Crippen molar-refractivity contribution in [3.8, 4) is 0 Å². The van der Waals surface area contributed by atoms with Crippen LogP contribution < -0.4 is 0 Å². The van der Waals surface area contributed by atoms with E-state index in [1.54, 1.807) is 0 Å². The van der Waals surface area contributed by atoms with E-state index in [4.69, 9.17) is 5.11 Å². The SMILES string of the molecule is CC(C)N([CH]C(=O)O)C(C)C. The van der Waals surface area contributed by atoms with Crippen LogP contribution in [0, 0.1) is 6.54 Å². The summed E-state index contributed by atoms with van der Waals surface area (Å²) in [6.07, 6.45) is 0. The number of hydrogen-bond donors (Lipinski definition) is 1. The molecule has 0 aliphatic heterocycles. The van der Waals surface area contributed by atoms with E-state index >= 15 is 0 Å². The molecule has 0 rings (SSSR count). The largest absolute Gasteiger partial charge is 0.480 e. The Morgan fingerprint density at radius 2 is 1.64 bits per heavy atom. The molecular weight excluding hydrogens is 142 g/mol. The van der Waals surface area contributed by atoms with Crippen molar-refractivity contribution >= 4 is 5.97 Å². The second-order valence-corrected chi connectivity index (χ2v) is 3.10. The minimum atomic E-state index is -0.882. The molecule has 1 N–H and O–H groups in total. The number of nitrogens with zero attached hydrogens (tertiary/aromatic N) is 1. The fourth-order valence-electron chi connectivity index (χ4n) is 1.02. The van der Waals surface area contributed by atoms with Crippen LogP contribution in [0.15, 0.2) is 0 Å². The van der Waals surface area contributed by atoms with Gasteiger partial charge in [-0.3, -0.25) is 9.69 Å². The van der Waals surface area contributed by atoms with Gasteiger partial charge in [-0.1, -0.05) is 0 Å². The highest BCUT2D eigenvalue weighted by atomic mass is 16.4. The second kappa shape index (κ2) is 4.34. The highest BCUT2D eigenvalue weighted by molar-refractivity contribution is 5.76. The normalized spacial score (nSPS) is 11.5. The predicted molar refractivity (Wildman–Crippen MR) is 44.0 cm³/mol. The topological polar surface area (TPSA) is 40.5 Å². The van der Waals surface area contributed by atoms with Gasteiger partial charge in [-0.25, -0.2) is 0 Å². The Kier molecular flexibility index (Phi) is 4.11. The van der Waals surface area contributed by atoms with Crippen molar-refractivity contribution in [3.63, 3.8) is 0 Å². The molecule has 0 heterocycles. The molecule has 0 spiro atoms. The van der Waals surface area contributed by atoms with Crippen LogP contribution in [-0.2, 0) is 4.79 Å². The van der Waals surface area contributed by atoms with Crippen molar-refractivity contribution in [1.82, 2.24) is 4.90 Å². The van der Waals surface area contributed by atoms with Gasteiger partial charge in [-0.2, -0.15) is 0 Å². The zero-order chi connectivity index (χ0) is 9.02. The van der Waals surface area contributed by atoms with E-state index in [2.05, 4.69) is 0 Å². The summed E-state index contributed by atoms with van der Waals surface area (Å²) in [5.41, 5.74) is 0. The molecule has 0 saturated carbocycles. The monoisotopic (exact) mass is 158 g/mol. The molecule has 0 aromatic rings. The molecule has 65 valence electrons. The molecule has 11 heavy (non-hydrogen) atoms. The highest BCUT2D eigenvalue weighted by Crippen LogP contribution is 2.06. The fraction of sp³-hybridized carbons (Fsp3) is 0.750. The zero-order valence-electron chi connectivity index (χ0n) is 7.53. The van der Waals surface area contributed by atoms with Crippen LogP contribution in [0.3, 0.4) is 0 Å². The maximum absolute atomic E-state index is 10.3. The van der Waals surface area contributed by atoms with Gasteiger partial charge in [0, 0.05) is 12.1 Å². The quantitative estimate of drug-likeness (QED) is 0.671. The predicted octanol–water partition coefficient (Wildman–Crippen LogP) is 1.35. The smallest absolute Gasteiger partial charge is 0.323 e. The summed E-state index contributed by atoms with van der Waals surface area (Å²) in [4.78, 5) is 12.1. The average molecular weight is 158 g/mol. The van der Waals surface area contributed by atoms with Crippen molar-refractivity contribution in [2.45, 2.75) is 39.8 Å². The number of carboxylic acid groups (broad SMARTS) is 1. The number of hydrogen-bond acceptors (Lipinski definition) is 2. The average Bonchev–Trinajstić information content (AvgIpc) is 1.81. The molecule has 0 aromatic heterocycles. The van der Waals surface area contributed by atoms with Gasteiger partial charge in [0.1, 0.15) is 6.54 Å². The Hall–Kier alpha value is -0.570. The van der Waals surface area contributed by atoms with E-state index in [1.165, 1.54) is 6.54 Å². The number of rotatable bonds is 4. The molecule has 0 unspecified atom stereocenters. The van der Waals surface area contributed by atoms with Crippen molar-refractivity contribution in [2.75, 3.05) is 0 Å². The van der Waals surface area contributed by atoms with E-state index in [9.17, 15) is 4.79 Å². The molecule has 1 radical (unpaired) electrons. The van der Waals surface area contributed by atoms with Gasteiger partial charge in [0.05, 0.1) is 0 Å². The molecule has 0 bridgehead atoms. The summed E-state index contributed by atoms with van der Waals surface area (Å²) >= 11 is 0. The first-order chi connectivity index (χ1) is 4.95. The van der Waals surface area contributed by atoms with Gasteiger partial charge >= 0.3 is 5.97 Å². The minimum Gasteiger partial charge on any atom is -0.480 e. The molecule has 0 fully saturated rings. The molecule has 0 aromatic carbocycles. The summed E-state index contributed by atoms with van der Waals surface area (Å²) in [5, 5.41) is 8.48. The fourth-order valence-corrected chi connectivity index (χ4v) is 1.02. The Morgan fingerprint density at radius 3 is 1.73 bits per heavy atom. The van der Waals surface area contributed by atoms with Gasteiger partial charge in [0.2, 0.25) is 0 Å². The molecule has 3 heteroatoms. The van der Waals surface area contributed by atoms with Crippen molar-refractivity contribution in [2.24, 2.45) is 0 Å². The van der Waals surface area contributed by atoms with Crippen LogP contribution in [0.1, 0.15) is 27.7 Å². The van der Waals surface area contributed by atoms with Gasteiger partial charge in [0.15, 0.2) is 0 Å². The standard InChI is InChI=1S/C8H16NO2/c1-6(2)9(7(3)4)5-8(10)11/h5-7H,1-4H3,(H,10,11). The van der Waals surface area contributed by atoms with Crippen LogP contribution in [0.2, 0.25) is 0 Å². The highest BCUT2D eigenvalue weighted by Gasteiger charge is 2.16. The summed E-state index contributed by atoms with van der Waals surface area (Å²) in [6, 6.07) is 0.484. The first-order valence-corrected chi connectivity index (χ1v) is 3.80. The van der Waals surface area contributed by atoms with Crippen LogP contribution in [0.4, 0.5) is 0 Å². The van der Waals surface area contributed by atoms with Crippen LogP contribution in [-0.4, -0.2) is 28.1 Å². The Morgan fingerprint density at radius 1 is 1.27 bits per heavy atom. The Bertz CT molecular complexity index is 124. The maximum Gasteiger partial charge on any atom is 0.323 e. The lowest BCUT2D eigenvalue weighted by Crippen LogP contribution is -2.36. The number of carboxylic acids is 1. The minimum absolute atomic E-state index is 0.242. The first-order valence-electron chi connectivity index (χ1n) is 3.80. The van der Waals surface area contributed by atoms with E-state index in [0.29, 0.717) is 0 Å². The number of carbonyl (C=O) groups is 1. The molecule has 0 aliphatic carbocycles. The van der Waals surface area contributed by atoms with Gasteiger partial charge < -0.3 is 5.11 Å². The van der Waals surface area contributed by atoms with Gasteiger partial charge in [0.25, 0.3) is 0 Å². The second-order valence-electron chi connectivity index (χ2n) is 3.10. The van der Waals surface area contributed by atoms with E-state index < -0.39 is 5.97 Å². The third kappa shape index (κ3) is 3.98. The van der Waals surface area contributed by atoms with Crippen molar-refractivity contribution in [1.29, 1.82) is 0 Å². The zero-order valence-corrected chi connectivity index (χ0v) is 7.53. The molecule has 0 aliphatic rings. The van der Waals surface area contributed by atoms with Gasteiger partial charge in [-0.15, -0.1) is 0 Å². The lowest BCUT2D eigenvalue weighted by Gasteiger charge is -2.27. The van der Waals surface area contributed by atoms with Crippen LogP contribution in [0.25, 0.3) is 0 Å². The molecule has 3 nitrogen and oxygen atoms in total. The summed E-state index contributed by atoms with van der Waals surface area (Å²) in [5.74, 6) is -0.882. The molecule has 0 amide bonds. The molecular formula is C8H16NO2. The van der Waals surface area contributed by atoms with Crippen LogP contribution >= 0.6 is 0 Å². The summed E-state index contributed by atoms with van der Waals surface area (Å²) in [7, 11) is 0. The van der Waals surface area contributed by atoms with Crippen LogP contribution in [0.5, 0.6) is 0 Å². The third-order valence-corrected chi connectivity index (χ3v) is 1.45. The van der Waals surface area contributed by atoms with Gasteiger partial charge in [-0.05, 0) is 27.7 Å². The Balaban J connectivity index is 4.00. The van der Waals surface area contributed by atoms with E-state index in [1.807, 2.05) is 32.6 Å².